The first-order chi connectivity index (χ1) is 12.5. The van der Waals surface area contributed by atoms with Gasteiger partial charge in [-0.1, -0.05) is 31.2 Å². The average molecular weight is 358 g/mol. The van der Waals surface area contributed by atoms with Crippen molar-refractivity contribution < 1.29 is 4.79 Å². The number of carbonyl (C=O) groups is 1. The maximum Gasteiger partial charge on any atom is 0.222 e. The van der Waals surface area contributed by atoms with Crippen LogP contribution in [0.4, 0.5) is 0 Å². The van der Waals surface area contributed by atoms with Crippen LogP contribution in [0.5, 0.6) is 0 Å². The summed E-state index contributed by atoms with van der Waals surface area (Å²) in [6.07, 6.45) is 3.81. The molecule has 0 radical (unpaired) electrons. The van der Waals surface area contributed by atoms with Gasteiger partial charge in [0.25, 0.3) is 0 Å². The molecular formula is C22H35N3O. The number of carbonyl (C=O) groups excluding carboxylic acids is 1. The summed E-state index contributed by atoms with van der Waals surface area (Å²) in [7, 11) is 0. The number of hydrogen-bond acceptors (Lipinski definition) is 3. The molecule has 1 amide bonds. The highest BCUT2D eigenvalue weighted by Crippen LogP contribution is 2.18. The molecule has 2 saturated heterocycles. The van der Waals surface area contributed by atoms with Crippen LogP contribution in [0, 0.1) is 5.92 Å². The fourth-order valence-electron chi connectivity index (χ4n) is 4.31. The molecule has 4 nitrogen and oxygen atoms in total. The van der Waals surface area contributed by atoms with Gasteiger partial charge in [0.2, 0.25) is 5.91 Å². The van der Waals surface area contributed by atoms with Crippen LogP contribution in [0.15, 0.2) is 24.3 Å². The molecule has 0 unspecified atom stereocenters. The Morgan fingerprint density at radius 1 is 1.00 bits per heavy atom. The SMILES string of the molecule is CC1CCN(C(=O)CCc2ccc(CN3C[C@@H](C)N[C@@H](C)C3)cc2)CC1. The highest BCUT2D eigenvalue weighted by atomic mass is 16.2. The third kappa shape index (κ3) is 5.55. The van der Waals surface area contributed by atoms with Crippen LogP contribution in [0.2, 0.25) is 0 Å². The number of amides is 1. The summed E-state index contributed by atoms with van der Waals surface area (Å²) >= 11 is 0. The predicted octanol–water partition coefficient (Wildman–Crippen LogP) is 3.06. The van der Waals surface area contributed by atoms with E-state index in [0.29, 0.717) is 24.4 Å². The molecule has 1 aromatic carbocycles. The van der Waals surface area contributed by atoms with Crippen molar-refractivity contribution in [3.05, 3.63) is 35.4 Å². The van der Waals surface area contributed by atoms with Gasteiger partial charge in [0, 0.05) is 51.2 Å². The summed E-state index contributed by atoms with van der Waals surface area (Å²) in [6.45, 7) is 11.9. The number of piperazine rings is 1. The van der Waals surface area contributed by atoms with E-state index < -0.39 is 0 Å². The summed E-state index contributed by atoms with van der Waals surface area (Å²) in [6, 6.07) is 9.99. The van der Waals surface area contributed by atoms with Crippen molar-refractivity contribution in [2.45, 2.75) is 65.1 Å². The van der Waals surface area contributed by atoms with E-state index >= 15 is 0 Å². The van der Waals surface area contributed by atoms with Gasteiger partial charge < -0.3 is 10.2 Å². The smallest absolute Gasteiger partial charge is 0.222 e. The number of hydrogen-bond donors (Lipinski definition) is 1. The summed E-state index contributed by atoms with van der Waals surface area (Å²) in [4.78, 5) is 17.0. The van der Waals surface area contributed by atoms with Crippen LogP contribution in [-0.4, -0.2) is 54.0 Å². The minimum atomic E-state index is 0.324. The minimum Gasteiger partial charge on any atom is -0.343 e. The molecule has 0 aliphatic carbocycles. The first-order valence-electron chi connectivity index (χ1n) is 10.3. The molecule has 2 aliphatic heterocycles. The molecule has 2 aliphatic rings. The Labute approximate surface area is 158 Å². The van der Waals surface area contributed by atoms with E-state index in [0.717, 1.165) is 57.9 Å². The first kappa shape index (κ1) is 19.4. The van der Waals surface area contributed by atoms with Crippen molar-refractivity contribution >= 4 is 5.91 Å². The largest absolute Gasteiger partial charge is 0.343 e. The summed E-state index contributed by atoms with van der Waals surface area (Å²) < 4.78 is 0. The van der Waals surface area contributed by atoms with Gasteiger partial charge in [-0.25, -0.2) is 0 Å². The number of nitrogens with one attached hydrogen (secondary N) is 1. The quantitative estimate of drug-likeness (QED) is 0.880. The summed E-state index contributed by atoms with van der Waals surface area (Å²) in [5.74, 6) is 1.10. The lowest BCUT2D eigenvalue weighted by atomic mass is 9.98. The molecule has 2 heterocycles. The van der Waals surface area contributed by atoms with Crippen LogP contribution in [-0.2, 0) is 17.8 Å². The van der Waals surface area contributed by atoms with Crippen LogP contribution in [0.1, 0.15) is 51.2 Å². The van der Waals surface area contributed by atoms with E-state index in [2.05, 4.69) is 60.2 Å². The number of likely N-dealkylation sites (tertiary alicyclic amines) is 1. The maximum absolute atomic E-state index is 12.4. The molecule has 2 fully saturated rings. The third-order valence-electron chi connectivity index (χ3n) is 5.83. The number of aryl methyl sites for hydroxylation is 1. The number of rotatable bonds is 5. The van der Waals surface area contributed by atoms with E-state index in [1.165, 1.54) is 11.1 Å². The van der Waals surface area contributed by atoms with Crippen molar-refractivity contribution in [1.82, 2.24) is 15.1 Å². The minimum absolute atomic E-state index is 0.324. The molecule has 144 valence electrons. The van der Waals surface area contributed by atoms with Gasteiger partial charge in [0.05, 0.1) is 0 Å². The number of nitrogens with zero attached hydrogens (tertiary/aromatic N) is 2. The summed E-state index contributed by atoms with van der Waals surface area (Å²) in [5.41, 5.74) is 2.64. The average Bonchev–Trinajstić information content (AvgIpc) is 2.60. The molecule has 4 heteroatoms. The fourth-order valence-corrected chi connectivity index (χ4v) is 4.31. The van der Waals surface area contributed by atoms with E-state index in [-0.39, 0.29) is 0 Å². The second kappa shape index (κ2) is 9.01. The molecule has 2 atom stereocenters. The van der Waals surface area contributed by atoms with Crippen molar-refractivity contribution in [3.63, 3.8) is 0 Å². The van der Waals surface area contributed by atoms with Crippen LogP contribution >= 0.6 is 0 Å². The molecule has 3 rings (SSSR count). The van der Waals surface area contributed by atoms with Crippen LogP contribution < -0.4 is 5.32 Å². The lowest BCUT2D eigenvalue weighted by Gasteiger charge is -2.36. The van der Waals surface area contributed by atoms with Crippen LogP contribution in [0.3, 0.4) is 0 Å². The highest BCUT2D eigenvalue weighted by molar-refractivity contribution is 5.76. The van der Waals surface area contributed by atoms with Gasteiger partial charge in [0.15, 0.2) is 0 Å². The first-order valence-corrected chi connectivity index (χ1v) is 10.3. The van der Waals surface area contributed by atoms with E-state index in [4.69, 9.17) is 0 Å². The summed E-state index contributed by atoms with van der Waals surface area (Å²) in [5, 5.41) is 3.58. The molecule has 26 heavy (non-hydrogen) atoms. The Morgan fingerprint density at radius 3 is 2.19 bits per heavy atom. The van der Waals surface area contributed by atoms with Gasteiger partial charge in [-0.15, -0.1) is 0 Å². The van der Waals surface area contributed by atoms with Crippen molar-refractivity contribution in [3.8, 4) is 0 Å². The maximum atomic E-state index is 12.4. The van der Waals surface area contributed by atoms with Gasteiger partial charge >= 0.3 is 0 Å². The highest BCUT2D eigenvalue weighted by Gasteiger charge is 2.21. The van der Waals surface area contributed by atoms with E-state index in [1.54, 1.807) is 0 Å². The van der Waals surface area contributed by atoms with E-state index in [1.807, 2.05) is 0 Å². The lowest BCUT2D eigenvalue weighted by molar-refractivity contribution is -0.132. The zero-order chi connectivity index (χ0) is 18.5. The Hall–Kier alpha value is -1.39. The monoisotopic (exact) mass is 357 g/mol. The Balaban J connectivity index is 1.45. The van der Waals surface area contributed by atoms with Crippen molar-refractivity contribution in [1.29, 1.82) is 0 Å². The van der Waals surface area contributed by atoms with Gasteiger partial charge in [0.1, 0.15) is 0 Å². The third-order valence-corrected chi connectivity index (χ3v) is 5.83. The Morgan fingerprint density at radius 2 is 1.58 bits per heavy atom. The molecular weight excluding hydrogens is 322 g/mol. The molecule has 0 bridgehead atoms. The number of piperidine rings is 1. The second-order valence-electron chi connectivity index (χ2n) is 8.54. The second-order valence-corrected chi connectivity index (χ2v) is 8.54. The van der Waals surface area contributed by atoms with Gasteiger partial charge in [-0.3, -0.25) is 9.69 Å². The van der Waals surface area contributed by atoms with E-state index in [9.17, 15) is 4.79 Å². The van der Waals surface area contributed by atoms with Crippen molar-refractivity contribution in [2.75, 3.05) is 26.2 Å². The topological polar surface area (TPSA) is 35.6 Å². The van der Waals surface area contributed by atoms with Gasteiger partial charge in [-0.2, -0.15) is 0 Å². The molecule has 1 aromatic rings. The Kier molecular flexibility index (Phi) is 6.71. The predicted molar refractivity (Wildman–Crippen MR) is 107 cm³/mol. The molecule has 1 N–H and O–H groups in total. The fraction of sp³-hybridized carbons (Fsp3) is 0.682. The standard InChI is InChI=1S/C22H35N3O/c1-17-10-12-25(13-11-17)22(26)9-8-20-4-6-21(7-5-20)16-24-14-18(2)23-19(3)15-24/h4-7,17-19,23H,8-16H2,1-3H3/t18-,19+. The van der Waals surface area contributed by atoms with Crippen molar-refractivity contribution in [2.24, 2.45) is 5.92 Å². The zero-order valence-corrected chi connectivity index (χ0v) is 16.7. The van der Waals surface area contributed by atoms with Crippen LogP contribution in [0.25, 0.3) is 0 Å². The zero-order valence-electron chi connectivity index (χ0n) is 16.7. The Bertz CT molecular complexity index is 568. The number of benzene rings is 1. The normalized spacial score (nSPS) is 25.4. The molecule has 0 spiro atoms. The molecule has 0 saturated carbocycles. The van der Waals surface area contributed by atoms with Gasteiger partial charge in [-0.05, 0) is 50.2 Å². The lowest BCUT2D eigenvalue weighted by Crippen LogP contribution is -2.53. The molecule has 0 aromatic heterocycles.